The van der Waals surface area contributed by atoms with Gasteiger partial charge in [-0.25, -0.2) is 8.42 Å². The number of rotatable bonds is 5. The van der Waals surface area contributed by atoms with Crippen molar-refractivity contribution in [1.29, 1.82) is 0 Å². The number of ether oxygens (including phenoxy) is 1. The van der Waals surface area contributed by atoms with Gasteiger partial charge < -0.3 is 4.74 Å². The maximum atomic E-state index is 13.6. The Labute approximate surface area is 217 Å². The van der Waals surface area contributed by atoms with Crippen LogP contribution in [0.5, 0.6) is 5.75 Å². The van der Waals surface area contributed by atoms with Crippen molar-refractivity contribution >= 4 is 49.7 Å². The predicted octanol–water partition coefficient (Wildman–Crippen LogP) is 5.07. The fourth-order valence-corrected chi connectivity index (χ4v) is 6.08. The lowest BCUT2D eigenvalue weighted by Crippen LogP contribution is -2.48. The summed E-state index contributed by atoms with van der Waals surface area (Å²) in [4.78, 5) is 13.2. The van der Waals surface area contributed by atoms with E-state index < -0.39 is 22.0 Å². The quantitative estimate of drug-likeness (QED) is 0.379. The zero-order valence-corrected chi connectivity index (χ0v) is 21.7. The molecule has 0 aliphatic carbocycles. The van der Waals surface area contributed by atoms with Gasteiger partial charge in [0.2, 0.25) is 5.13 Å². The van der Waals surface area contributed by atoms with Crippen LogP contribution in [0, 0.1) is 13.8 Å². The van der Waals surface area contributed by atoms with E-state index in [1.165, 1.54) is 29.5 Å². The van der Waals surface area contributed by atoms with Crippen LogP contribution in [-0.4, -0.2) is 37.2 Å². The van der Waals surface area contributed by atoms with Crippen LogP contribution >= 0.6 is 22.9 Å². The van der Waals surface area contributed by atoms with Crippen LogP contribution in [0.3, 0.4) is 0 Å². The minimum Gasteiger partial charge on any atom is -0.476 e. The normalized spacial score (nSPS) is 15.2. The first-order valence-electron chi connectivity index (χ1n) is 11.0. The number of fused-ring (bicyclic) bond motifs is 1. The van der Waals surface area contributed by atoms with Crippen molar-refractivity contribution in [2.45, 2.75) is 24.8 Å². The molecule has 5 rings (SSSR count). The van der Waals surface area contributed by atoms with E-state index in [2.05, 4.69) is 15.5 Å². The van der Waals surface area contributed by atoms with Crippen LogP contribution < -0.4 is 14.4 Å². The van der Waals surface area contributed by atoms with Gasteiger partial charge in [0.1, 0.15) is 10.8 Å². The third-order valence-corrected chi connectivity index (χ3v) is 8.56. The molecule has 1 aliphatic rings. The van der Waals surface area contributed by atoms with Crippen molar-refractivity contribution in [3.05, 3.63) is 82.9 Å². The van der Waals surface area contributed by atoms with Crippen LogP contribution in [0.2, 0.25) is 5.02 Å². The summed E-state index contributed by atoms with van der Waals surface area (Å²) in [5.74, 6) is -0.301. The number of carbonyl (C=O) groups is 1. The third-order valence-electron chi connectivity index (χ3n) is 5.65. The molecule has 0 unspecified atom stereocenters. The maximum absolute atomic E-state index is 13.6. The summed E-state index contributed by atoms with van der Waals surface area (Å²) in [5, 5.41) is 12.2. The molecule has 2 heterocycles. The minimum absolute atomic E-state index is 0.104. The number of nitrogens with zero attached hydrogens (tertiary/aromatic N) is 3. The number of anilines is 2. The zero-order valence-electron chi connectivity index (χ0n) is 19.3. The second-order valence-electron chi connectivity index (χ2n) is 8.34. The first-order valence-corrected chi connectivity index (χ1v) is 13.6. The highest BCUT2D eigenvalue weighted by Crippen LogP contribution is 2.39. The number of hydrogen-bond acceptors (Lipinski definition) is 7. The summed E-state index contributed by atoms with van der Waals surface area (Å²) < 4.78 is 34.2. The first kappa shape index (κ1) is 24.2. The second kappa shape index (κ2) is 9.53. The molecule has 0 fully saturated rings. The van der Waals surface area contributed by atoms with Crippen LogP contribution in [0.15, 0.2) is 71.6 Å². The lowest BCUT2D eigenvalue weighted by molar-refractivity contribution is -0.122. The van der Waals surface area contributed by atoms with Crippen LogP contribution in [-0.2, 0) is 14.8 Å². The monoisotopic (exact) mass is 540 g/mol. The van der Waals surface area contributed by atoms with Gasteiger partial charge in [-0.2, -0.15) is 0 Å². The number of sulfonamides is 1. The molecule has 1 amide bonds. The van der Waals surface area contributed by atoms with E-state index in [9.17, 15) is 13.2 Å². The Balaban J connectivity index is 1.42. The Morgan fingerprint density at radius 2 is 1.69 bits per heavy atom. The Bertz CT molecular complexity index is 1540. The largest absolute Gasteiger partial charge is 0.476 e. The summed E-state index contributed by atoms with van der Waals surface area (Å²) in [6.45, 7) is 3.63. The lowest BCUT2D eigenvalue weighted by Gasteiger charge is -2.34. The van der Waals surface area contributed by atoms with Gasteiger partial charge in [0.05, 0.1) is 17.1 Å². The Morgan fingerprint density at radius 3 is 2.39 bits per heavy atom. The van der Waals surface area contributed by atoms with E-state index in [-0.39, 0.29) is 28.0 Å². The molecule has 0 radical (unpaired) electrons. The molecule has 0 bridgehead atoms. The Kier molecular flexibility index (Phi) is 6.42. The molecule has 184 valence electrons. The summed E-state index contributed by atoms with van der Waals surface area (Å²) in [6.07, 6.45) is -1.12. The number of aryl methyl sites for hydroxylation is 2. The van der Waals surface area contributed by atoms with Crippen molar-refractivity contribution in [1.82, 2.24) is 10.2 Å². The zero-order chi connectivity index (χ0) is 25.4. The van der Waals surface area contributed by atoms with Gasteiger partial charge in [-0.3, -0.25) is 14.4 Å². The van der Waals surface area contributed by atoms with Gasteiger partial charge in [0, 0.05) is 10.6 Å². The molecule has 4 aromatic rings. The van der Waals surface area contributed by atoms with E-state index in [1.807, 2.05) is 38.1 Å². The molecule has 1 N–H and O–H groups in total. The summed E-state index contributed by atoms with van der Waals surface area (Å²) in [5.41, 5.74) is 3.20. The highest BCUT2D eigenvalue weighted by Gasteiger charge is 2.38. The van der Waals surface area contributed by atoms with Crippen molar-refractivity contribution in [3.63, 3.8) is 0 Å². The van der Waals surface area contributed by atoms with Gasteiger partial charge in [0.25, 0.3) is 15.9 Å². The number of nitrogens with one attached hydrogen (secondary N) is 1. The SMILES string of the molecule is Cc1ccc(-c2nnc(NC(=O)[C@@H]3CN(S(=O)(=O)c4ccc(C)cc4)c4cc(Cl)ccc4O3)s2)cc1. The molecule has 36 heavy (non-hydrogen) atoms. The lowest BCUT2D eigenvalue weighted by atomic mass is 10.2. The van der Waals surface area contributed by atoms with Gasteiger partial charge in [-0.05, 0) is 44.2 Å². The van der Waals surface area contributed by atoms with E-state index in [0.29, 0.717) is 10.0 Å². The molecule has 0 spiro atoms. The number of carbonyl (C=O) groups excluding carboxylic acids is 1. The number of halogens is 1. The highest BCUT2D eigenvalue weighted by molar-refractivity contribution is 7.92. The molecule has 11 heteroatoms. The molecule has 0 saturated heterocycles. The van der Waals surface area contributed by atoms with Crippen LogP contribution in [0.1, 0.15) is 11.1 Å². The molecule has 8 nitrogen and oxygen atoms in total. The van der Waals surface area contributed by atoms with Gasteiger partial charge in [0.15, 0.2) is 6.10 Å². The number of benzene rings is 3. The van der Waals surface area contributed by atoms with E-state index >= 15 is 0 Å². The Morgan fingerprint density at radius 1 is 1.03 bits per heavy atom. The molecule has 0 saturated carbocycles. The van der Waals surface area contributed by atoms with Gasteiger partial charge >= 0.3 is 0 Å². The fraction of sp³-hybridized carbons (Fsp3) is 0.160. The van der Waals surface area contributed by atoms with Crippen LogP contribution in [0.4, 0.5) is 10.8 Å². The molecule has 3 aromatic carbocycles. The van der Waals surface area contributed by atoms with E-state index in [1.54, 1.807) is 24.3 Å². The van der Waals surface area contributed by atoms with Crippen LogP contribution in [0.25, 0.3) is 10.6 Å². The molecule has 1 aromatic heterocycles. The average Bonchev–Trinajstić information content (AvgIpc) is 3.32. The van der Waals surface area contributed by atoms with Crippen molar-refractivity contribution in [2.75, 3.05) is 16.2 Å². The predicted molar refractivity (Wildman–Crippen MR) is 140 cm³/mol. The fourth-order valence-electron chi connectivity index (χ4n) is 3.70. The topological polar surface area (TPSA) is 101 Å². The summed E-state index contributed by atoms with van der Waals surface area (Å²) in [6, 6.07) is 19.0. The first-order chi connectivity index (χ1) is 17.2. The second-order valence-corrected chi connectivity index (χ2v) is 11.6. The number of aromatic nitrogens is 2. The molecule has 1 atom stereocenters. The number of hydrogen-bond donors (Lipinski definition) is 1. The number of amides is 1. The molecular weight excluding hydrogens is 520 g/mol. The van der Waals surface area contributed by atoms with Gasteiger partial charge in [-0.15, -0.1) is 10.2 Å². The van der Waals surface area contributed by atoms with Crippen molar-refractivity contribution in [2.24, 2.45) is 0 Å². The van der Waals surface area contributed by atoms with Crippen molar-refractivity contribution < 1.29 is 17.9 Å². The standard InChI is InChI=1S/C25H21ClN4O4S2/c1-15-3-7-17(8-4-15)24-28-29-25(35-24)27-23(31)22-14-30(20-13-18(26)9-12-21(20)34-22)36(32,33)19-10-5-16(2)6-11-19/h3-13,22H,14H2,1-2H3,(H,27,29,31)/t22-/m0/s1. The van der Waals surface area contributed by atoms with Gasteiger partial charge in [-0.1, -0.05) is 70.5 Å². The maximum Gasteiger partial charge on any atom is 0.269 e. The van der Waals surface area contributed by atoms with E-state index in [0.717, 1.165) is 21.0 Å². The minimum atomic E-state index is -3.99. The summed E-state index contributed by atoms with van der Waals surface area (Å²) in [7, 11) is -3.99. The smallest absolute Gasteiger partial charge is 0.269 e. The summed E-state index contributed by atoms with van der Waals surface area (Å²) >= 11 is 7.37. The van der Waals surface area contributed by atoms with E-state index in [4.69, 9.17) is 16.3 Å². The molecule has 1 aliphatic heterocycles. The average molecular weight is 541 g/mol. The Hall–Kier alpha value is -3.47. The third kappa shape index (κ3) is 4.79. The molecular formula is C25H21ClN4O4S2. The highest BCUT2D eigenvalue weighted by atomic mass is 35.5. The van der Waals surface area contributed by atoms with Crippen molar-refractivity contribution in [3.8, 4) is 16.3 Å².